The lowest BCUT2D eigenvalue weighted by molar-refractivity contribution is 0.553. The molecule has 1 aromatic carbocycles. The normalized spacial score (nSPS) is 12.9. The molecule has 4 heteroatoms. The summed E-state index contributed by atoms with van der Waals surface area (Å²) >= 11 is 1.80. The van der Waals surface area contributed by atoms with Gasteiger partial charge in [0.1, 0.15) is 5.82 Å². The van der Waals surface area contributed by atoms with E-state index in [0.717, 1.165) is 12.4 Å². The van der Waals surface area contributed by atoms with Gasteiger partial charge >= 0.3 is 0 Å². The molecule has 2 N–H and O–H groups in total. The lowest BCUT2D eigenvalue weighted by atomic mass is 10.1. The predicted octanol–water partition coefficient (Wildman–Crippen LogP) is 3.48. The Kier molecular flexibility index (Phi) is 3.13. The van der Waals surface area contributed by atoms with Crippen LogP contribution in [-0.2, 0) is 6.54 Å². The fourth-order valence-corrected chi connectivity index (χ4v) is 3.01. The van der Waals surface area contributed by atoms with Crippen LogP contribution in [0.4, 0.5) is 0 Å². The van der Waals surface area contributed by atoms with Gasteiger partial charge in [-0.1, -0.05) is 18.2 Å². The molecule has 0 spiro atoms. The van der Waals surface area contributed by atoms with E-state index in [-0.39, 0.29) is 6.04 Å². The van der Waals surface area contributed by atoms with Crippen LogP contribution in [0, 0.1) is 0 Å². The maximum Gasteiger partial charge on any atom is 0.122 e. The van der Waals surface area contributed by atoms with Crippen LogP contribution < -0.4 is 5.32 Å². The maximum absolute atomic E-state index is 4.26. The highest BCUT2D eigenvalue weighted by Gasteiger charge is 2.08. The molecule has 18 heavy (non-hydrogen) atoms. The molecule has 3 rings (SSSR count). The molecule has 0 aliphatic rings. The van der Waals surface area contributed by atoms with Crippen LogP contribution in [0.15, 0.2) is 42.0 Å². The number of hydrogen-bond donors (Lipinski definition) is 2. The topological polar surface area (TPSA) is 40.7 Å². The van der Waals surface area contributed by atoms with E-state index in [9.17, 15) is 0 Å². The van der Waals surface area contributed by atoms with Gasteiger partial charge in [-0.05, 0) is 29.3 Å². The van der Waals surface area contributed by atoms with E-state index in [1.54, 1.807) is 17.5 Å². The van der Waals surface area contributed by atoms with Crippen molar-refractivity contribution in [3.8, 4) is 0 Å². The highest BCUT2D eigenvalue weighted by molar-refractivity contribution is 7.17. The molecule has 0 radical (unpaired) electrons. The minimum atomic E-state index is 0.235. The van der Waals surface area contributed by atoms with E-state index in [1.165, 1.54) is 15.6 Å². The summed E-state index contributed by atoms with van der Waals surface area (Å²) in [5.74, 6) is 0.981. The molecule has 0 aliphatic carbocycles. The fourth-order valence-electron chi connectivity index (χ4n) is 2.04. The monoisotopic (exact) mass is 257 g/mol. The number of nitrogens with zero attached hydrogens (tertiary/aromatic N) is 1. The quantitative estimate of drug-likeness (QED) is 0.751. The third-order valence-corrected chi connectivity index (χ3v) is 4.10. The Bertz CT molecular complexity index is 627. The Balaban J connectivity index is 1.73. The van der Waals surface area contributed by atoms with Crippen LogP contribution in [0.2, 0.25) is 0 Å². The van der Waals surface area contributed by atoms with Crippen molar-refractivity contribution in [1.82, 2.24) is 15.3 Å². The van der Waals surface area contributed by atoms with Gasteiger partial charge in [0, 0.05) is 23.6 Å². The largest absolute Gasteiger partial charge is 0.347 e. The Hall–Kier alpha value is -1.65. The average Bonchev–Trinajstić information content (AvgIpc) is 3.06. The lowest BCUT2D eigenvalue weighted by Crippen LogP contribution is -2.18. The zero-order valence-electron chi connectivity index (χ0n) is 10.2. The number of nitrogens with one attached hydrogen (secondary N) is 2. The summed E-state index contributed by atoms with van der Waals surface area (Å²) in [4.78, 5) is 7.40. The van der Waals surface area contributed by atoms with Gasteiger partial charge in [-0.3, -0.25) is 0 Å². The Morgan fingerprint density at radius 2 is 2.28 bits per heavy atom. The van der Waals surface area contributed by atoms with Crippen molar-refractivity contribution < 1.29 is 0 Å². The minimum absolute atomic E-state index is 0.235. The first-order chi connectivity index (χ1) is 8.84. The summed E-state index contributed by atoms with van der Waals surface area (Å²) in [7, 11) is 0. The second-order valence-corrected chi connectivity index (χ2v) is 5.25. The van der Waals surface area contributed by atoms with Gasteiger partial charge in [0.05, 0.1) is 6.04 Å². The number of thiophene rings is 1. The van der Waals surface area contributed by atoms with Gasteiger partial charge in [0.15, 0.2) is 0 Å². The van der Waals surface area contributed by atoms with Crippen molar-refractivity contribution in [2.45, 2.75) is 19.5 Å². The number of aromatic nitrogens is 2. The average molecular weight is 257 g/mol. The van der Waals surface area contributed by atoms with Crippen LogP contribution in [0.1, 0.15) is 24.4 Å². The van der Waals surface area contributed by atoms with Crippen molar-refractivity contribution in [3.63, 3.8) is 0 Å². The molecule has 2 aromatic heterocycles. The van der Waals surface area contributed by atoms with Crippen molar-refractivity contribution in [3.05, 3.63) is 53.4 Å². The van der Waals surface area contributed by atoms with E-state index >= 15 is 0 Å². The Morgan fingerprint density at radius 3 is 3.11 bits per heavy atom. The lowest BCUT2D eigenvalue weighted by Gasteiger charge is -2.10. The number of rotatable bonds is 4. The van der Waals surface area contributed by atoms with Gasteiger partial charge < -0.3 is 10.3 Å². The number of aromatic amines is 1. The molecule has 0 saturated carbocycles. The minimum Gasteiger partial charge on any atom is -0.347 e. The number of fused-ring (bicyclic) bond motifs is 1. The number of imidazole rings is 1. The second kappa shape index (κ2) is 4.92. The molecule has 3 aromatic rings. The standard InChI is InChI=1S/C14H15N3S/c1-10(14-15-6-7-16-14)17-8-11-9-18-13-5-3-2-4-12(11)13/h2-7,9-10,17H,8H2,1H3,(H,15,16). The summed E-state index contributed by atoms with van der Waals surface area (Å²) in [6.07, 6.45) is 3.64. The van der Waals surface area contributed by atoms with Crippen molar-refractivity contribution in [2.75, 3.05) is 0 Å². The molecule has 2 heterocycles. The first kappa shape index (κ1) is 11.4. The molecule has 3 nitrogen and oxygen atoms in total. The van der Waals surface area contributed by atoms with E-state index < -0.39 is 0 Å². The smallest absolute Gasteiger partial charge is 0.122 e. The molecular formula is C14H15N3S. The van der Waals surface area contributed by atoms with Crippen LogP contribution in [0.5, 0.6) is 0 Å². The molecule has 0 amide bonds. The van der Waals surface area contributed by atoms with E-state index in [2.05, 4.69) is 51.9 Å². The zero-order valence-corrected chi connectivity index (χ0v) is 11.0. The molecule has 1 unspecified atom stereocenters. The SMILES string of the molecule is CC(NCc1csc2ccccc12)c1ncc[nH]1. The zero-order chi connectivity index (χ0) is 12.4. The van der Waals surface area contributed by atoms with Gasteiger partial charge in [0.25, 0.3) is 0 Å². The molecule has 1 atom stereocenters. The van der Waals surface area contributed by atoms with Gasteiger partial charge in [-0.2, -0.15) is 0 Å². The third kappa shape index (κ3) is 2.17. The summed E-state index contributed by atoms with van der Waals surface area (Å²) in [5.41, 5.74) is 1.36. The predicted molar refractivity (Wildman–Crippen MR) is 75.7 cm³/mol. The summed E-state index contributed by atoms with van der Waals surface area (Å²) in [6.45, 7) is 2.99. The first-order valence-electron chi connectivity index (χ1n) is 6.02. The van der Waals surface area contributed by atoms with Gasteiger partial charge in [-0.15, -0.1) is 11.3 Å². The van der Waals surface area contributed by atoms with Gasteiger partial charge in [0.2, 0.25) is 0 Å². The Labute approximate surface area is 110 Å². The second-order valence-electron chi connectivity index (χ2n) is 4.33. The van der Waals surface area contributed by atoms with Crippen LogP contribution in [0.25, 0.3) is 10.1 Å². The molecule has 0 aliphatic heterocycles. The Morgan fingerprint density at radius 1 is 1.39 bits per heavy atom. The van der Waals surface area contributed by atoms with Crippen molar-refractivity contribution in [1.29, 1.82) is 0 Å². The van der Waals surface area contributed by atoms with Crippen LogP contribution in [0.3, 0.4) is 0 Å². The van der Waals surface area contributed by atoms with Crippen molar-refractivity contribution in [2.24, 2.45) is 0 Å². The summed E-state index contributed by atoms with van der Waals surface area (Å²) < 4.78 is 1.35. The van der Waals surface area contributed by atoms with Gasteiger partial charge in [-0.25, -0.2) is 4.98 Å². The van der Waals surface area contributed by atoms with Crippen molar-refractivity contribution >= 4 is 21.4 Å². The summed E-state index contributed by atoms with van der Waals surface area (Å²) in [5, 5.41) is 7.07. The molecule has 0 fully saturated rings. The number of hydrogen-bond acceptors (Lipinski definition) is 3. The number of benzene rings is 1. The molecule has 0 saturated heterocycles. The van der Waals surface area contributed by atoms with Crippen LogP contribution >= 0.6 is 11.3 Å². The molecular weight excluding hydrogens is 242 g/mol. The molecule has 0 bridgehead atoms. The number of H-pyrrole nitrogens is 1. The highest BCUT2D eigenvalue weighted by Crippen LogP contribution is 2.25. The maximum atomic E-state index is 4.26. The fraction of sp³-hybridized carbons (Fsp3) is 0.214. The highest BCUT2D eigenvalue weighted by atomic mass is 32.1. The van der Waals surface area contributed by atoms with Crippen LogP contribution in [-0.4, -0.2) is 9.97 Å². The molecule has 92 valence electrons. The van der Waals surface area contributed by atoms with E-state index in [0.29, 0.717) is 0 Å². The third-order valence-electron chi connectivity index (χ3n) is 3.09. The first-order valence-corrected chi connectivity index (χ1v) is 6.90. The van der Waals surface area contributed by atoms with E-state index in [4.69, 9.17) is 0 Å². The summed E-state index contributed by atoms with van der Waals surface area (Å²) in [6, 6.07) is 8.76. The van der Waals surface area contributed by atoms with E-state index in [1.807, 2.05) is 6.20 Å².